The van der Waals surface area contributed by atoms with Crippen LogP contribution >= 0.6 is 0 Å². The number of benzene rings is 1. The van der Waals surface area contributed by atoms with E-state index >= 15 is 0 Å². The molecule has 10 heteroatoms. The lowest BCUT2D eigenvalue weighted by molar-refractivity contribution is -0.0167. The van der Waals surface area contributed by atoms with E-state index in [1.165, 1.54) is 29.2 Å². The molecule has 4 atom stereocenters. The molecule has 5 N–H and O–H groups in total. The lowest BCUT2D eigenvalue weighted by Crippen LogP contribution is -2.35. The second-order valence-corrected chi connectivity index (χ2v) is 7.75. The summed E-state index contributed by atoms with van der Waals surface area (Å²) in [5, 5.41) is 24.6. The Morgan fingerprint density at radius 3 is 2.87 bits per heavy atom. The van der Waals surface area contributed by atoms with Crippen molar-refractivity contribution in [3.63, 3.8) is 0 Å². The zero-order chi connectivity index (χ0) is 21.0. The van der Waals surface area contributed by atoms with Gasteiger partial charge in [-0.25, -0.2) is 18.7 Å². The number of rotatable bonds is 3. The van der Waals surface area contributed by atoms with Crippen LogP contribution in [0.2, 0.25) is 0 Å². The molecular weight excluding hydrogens is 396 g/mol. The summed E-state index contributed by atoms with van der Waals surface area (Å²) in [7, 11) is 0. The van der Waals surface area contributed by atoms with E-state index in [1.807, 2.05) is 0 Å². The summed E-state index contributed by atoms with van der Waals surface area (Å²) in [5.41, 5.74) is 7.68. The third-order valence-corrected chi connectivity index (χ3v) is 5.97. The predicted molar refractivity (Wildman–Crippen MR) is 104 cm³/mol. The van der Waals surface area contributed by atoms with E-state index in [0.29, 0.717) is 18.7 Å². The molecule has 3 aromatic rings. The molecule has 1 unspecified atom stereocenters. The van der Waals surface area contributed by atoms with E-state index in [4.69, 9.17) is 10.5 Å². The molecule has 0 bridgehead atoms. The second-order valence-electron chi connectivity index (χ2n) is 7.75. The Hall–Kier alpha value is -2.82. The number of aliphatic hydroxyl groups is 2. The van der Waals surface area contributed by atoms with Gasteiger partial charge in [-0.05, 0) is 24.6 Å². The number of halogens is 2. The van der Waals surface area contributed by atoms with Crippen LogP contribution < -0.4 is 15.8 Å². The third-order valence-electron chi connectivity index (χ3n) is 5.97. The second kappa shape index (κ2) is 7.15. The number of ether oxygens (including phenoxy) is 1. The van der Waals surface area contributed by atoms with Gasteiger partial charge in [-0.2, -0.15) is 0 Å². The smallest absolute Gasteiger partial charge is 0.154 e. The van der Waals surface area contributed by atoms with Gasteiger partial charge in [0.1, 0.15) is 47.7 Å². The highest BCUT2D eigenvalue weighted by Crippen LogP contribution is 2.38. The number of nitrogens with two attached hydrogens (primary N) is 1. The van der Waals surface area contributed by atoms with Crippen LogP contribution in [0.3, 0.4) is 0 Å². The Balaban J connectivity index is 1.47. The molecule has 1 aliphatic carbocycles. The molecule has 0 radical (unpaired) electrons. The number of nitrogens with zero attached hydrogens (tertiary/aromatic N) is 3. The van der Waals surface area contributed by atoms with E-state index in [9.17, 15) is 19.0 Å². The van der Waals surface area contributed by atoms with Crippen LogP contribution in [0.5, 0.6) is 5.75 Å². The van der Waals surface area contributed by atoms with Crippen LogP contribution in [-0.4, -0.2) is 49.6 Å². The van der Waals surface area contributed by atoms with Crippen molar-refractivity contribution in [2.45, 2.75) is 43.7 Å². The minimum absolute atomic E-state index is 0.00373. The van der Waals surface area contributed by atoms with Crippen LogP contribution in [0.4, 0.5) is 14.6 Å². The van der Waals surface area contributed by atoms with E-state index in [-0.39, 0.29) is 23.3 Å². The van der Waals surface area contributed by atoms with Gasteiger partial charge in [0.15, 0.2) is 5.82 Å². The Bertz CT molecular complexity index is 1120. The number of aromatic nitrogens is 3. The minimum Gasteiger partial charge on any atom is -0.487 e. The number of nitrogens with one attached hydrogen (secondary N) is 1. The number of aliphatic hydroxyl groups excluding tert-OH is 2. The van der Waals surface area contributed by atoms with Crippen molar-refractivity contribution in [3.05, 3.63) is 47.4 Å². The average molecular weight is 417 g/mol. The van der Waals surface area contributed by atoms with Gasteiger partial charge in [0, 0.05) is 30.8 Å². The van der Waals surface area contributed by atoms with Gasteiger partial charge in [0.25, 0.3) is 0 Å². The molecule has 2 aliphatic rings. The van der Waals surface area contributed by atoms with Crippen LogP contribution in [0, 0.1) is 11.6 Å². The number of hydrogen-bond acceptors (Lipinski definition) is 7. The lowest BCUT2D eigenvalue weighted by atomic mass is 10.00. The molecule has 0 spiro atoms. The van der Waals surface area contributed by atoms with Crippen molar-refractivity contribution in [1.29, 1.82) is 0 Å². The third kappa shape index (κ3) is 2.99. The Morgan fingerprint density at radius 2 is 2.03 bits per heavy atom. The number of fused-ring (bicyclic) bond motifs is 2. The maximum Gasteiger partial charge on any atom is 0.154 e. The van der Waals surface area contributed by atoms with Crippen molar-refractivity contribution in [2.24, 2.45) is 0 Å². The van der Waals surface area contributed by atoms with Crippen LogP contribution in [0.25, 0.3) is 11.0 Å². The van der Waals surface area contributed by atoms with Gasteiger partial charge in [-0.15, -0.1) is 0 Å². The van der Waals surface area contributed by atoms with Crippen molar-refractivity contribution >= 4 is 16.9 Å². The topological polar surface area (TPSA) is 118 Å². The van der Waals surface area contributed by atoms with Crippen LogP contribution in [0.15, 0.2) is 24.7 Å². The average Bonchev–Trinajstić information content (AvgIpc) is 3.20. The summed E-state index contributed by atoms with van der Waals surface area (Å²) in [6.45, 7) is 1.28. The highest BCUT2D eigenvalue weighted by Gasteiger charge is 2.45. The largest absolute Gasteiger partial charge is 0.487 e. The van der Waals surface area contributed by atoms with Gasteiger partial charge in [0.05, 0.1) is 11.4 Å². The van der Waals surface area contributed by atoms with Crippen LogP contribution in [0.1, 0.15) is 23.6 Å². The van der Waals surface area contributed by atoms with Gasteiger partial charge >= 0.3 is 0 Å². The van der Waals surface area contributed by atoms with E-state index < -0.39 is 36.0 Å². The fourth-order valence-corrected chi connectivity index (χ4v) is 4.47. The SMILES string of the molecule is Nc1ncnc2c1c(F)cn2[C@@H]1CC(Oc2cc(F)cc3c2CNCC3)[C@@H](O)[C@H]1O. The summed E-state index contributed by atoms with van der Waals surface area (Å²) < 4.78 is 35.9. The minimum atomic E-state index is -1.25. The van der Waals surface area contributed by atoms with Crippen molar-refractivity contribution in [3.8, 4) is 5.75 Å². The molecule has 5 rings (SSSR count). The first-order valence-corrected chi connectivity index (χ1v) is 9.75. The summed E-state index contributed by atoms with van der Waals surface area (Å²) in [5.74, 6) is -0.694. The first-order valence-electron chi connectivity index (χ1n) is 9.75. The Labute approximate surface area is 170 Å². The molecule has 30 heavy (non-hydrogen) atoms. The molecule has 1 fully saturated rings. The number of hydrogen-bond donors (Lipinski definition) is 4. The molecule has 3 heterocycles. The molecule has 8 nitrogen and oxygen atoms in total. The molecule has 158 valence electrons. The standard InChI is InChI=1S/C20H21F2N5O3/c21-10-3-9-1-2-24-6-11(9)14(4-10)30-15-5-13(17(28)18(15)29)27-7-12(22)16-19(23)25-8-26-20(16)27/h3-4,7-8,13,15,17-18,24,28-29H,1-2,5-6H2,(H2,23,25,26)/t13-,15?,17+,18-/m1/s1. The maximum absolute atomic E-state index is 14.4. The van der Waals surface area contributed by atoms with Crippen LogP contribution in [-0.2, 0) is 13.0 Å². The van der Waals surface area contributed by atoms with Gasteiger partial charge < -0.3 is 30.6 Å². The summed E-state index contributed by atoms with van der Waals surface area (Å²) >= 11 is 0. The maximum atomic E-state index is 14.4. The fourth-order valence-electron chi connectivity index (χ4n) is 4.47. The molecule has 1 aliphatic heterocycles. The quantitative estimate of drug-likeness (QED) is 0.503. The van der Waals surface area contributed by atoms with Crippen molar-refractivity contribution in [2.75, 3.05) is 12.3 Å². The van der Waals surface area contributed by atoms with E-state index in [1.54, 1.807) is 0 Å². The Morgan fingerprint density at radius 1 is 1.20 bits per heavy atom. The van der Waals surface area contributed by atoms with E-state index in [0.717, 1.165) is 17.7 Å². The summed E-state index contributed by atoms with van der Waals surface area (Å²) in [6, 6.07) is 2.08. The molecular formula is C20H21F2N5O3. The lowest BCUT2D eigenvalue weighted by Gasteiger charge is -2.24. The first kappa shape index (κ1) is 19.2. The molecule has 1 aromatic carbocycles. The zero-order valence-electron chi connectivity index (χ0n) is 15.9. The van der Waals surface area contributed by atoms with Gasteiger partial charge in [-0.3, -0.25) is 0 Å². The summed E-state index contributed by atoms with van der Waals surface area (Å²) in [6.07, 6.45) is -0.0319. The first-order chi connectivity index (χ1) is 14.4. The highest BCUT2D eigenvalue weighted by molar-refractivity contribution is 5.86. The normalized spacial score (nSPS) is 26.1. The highest BCUT2D eigenvalue weighted by atomic mass is 19.1. The molecule has 2 aromatic heterocycles. The Kier molecular flexibility index (Phi) is 4.57. The molecule has 1 saturated carbocycles. The number of nitrogen functional groups attached to an aromatic ring is 1. The zero-order valence-corrected chi connectivity index (χ0v) is 15.9. The van der Waals surface area contributed by atoms with E-state index in [2.05, 4.69) is 15.3 Å². The molecule has 0 saturated heterocycles. The predicted octanol–water partition coefficient (Wildman–Crippen LogP) is 1.05. The monoisotopic (exact) mass is 417 g/mol. The fraction of sp³-hybridized carbons (Fsp3) is 0.400. The van der Waals surface area contributed by atoms with Crippen molar-refractivity contribution in [1.82, 2.24) is 19.9 Å². The van der Waals surface area contributed by atoms with Gasteiger partial charge in [-0.1, -0.05) is 0 Å². The van der Waals surface area contributed by atoms with Crippen molar-refractivity contribution < 1.29 is 23.7 Å². The number of anilines is 1. The molecule has 0 amide bonds. The summed E-state index contributed by atoms with van der Waals surface area (Å²) in [4.78, 5) is 7.88. The van der Waals surface area contributed by atoms with Gasteiger partial charge in [0.2, 0.25) is 0 Å².